The van der Waals surface area contributed by atoms with E-state index in [1.54, 1.807) is 0 Å². The normalized spacial score (nSPS) is 19.8. The largest absolute Gasteiger partial charge is 0.461 e. The van der Waals surface area contributed by atoms with Crippen molar-refractivity contribution in [2.45, 2.75) is 39.0 Å². The highest BCUT2D eigenvalue weighted by atomic mass is 16.5. The van der Waals surface area contributed by atoms with E-state index < -0.39 is 0 Å². The molecule has 30 heavy (non-hydrogen) atoms. The van der Waals surface area contributed by atoms with Crippen molar-refractivity contribution in [3.63, 3.8) is 0 Å². The summed E-state index contributed by atoms with van der Waals surface area (Å²) in [7, 11) is 0. The molecule has 2 aliphatic rings. The van der Waals surface area contributed by atoms with Gasteiger partial charge in [-0.2, -0.15) is 0 Å². The minimum absolute atomic E-state index is 0.0471. The molecule has 3 nitrogen and oxygen atoms in total. The molecule has 0 aromatic heterocycles. The van der Waals surface area contributed by atoms with Crippen LogP contribution in [0.4, 0.5) is 0 Å². The Morgan fingerprint density at radius 2 is 1.70 bits per heavy atom. The van der Waals surface area contributed by atoms with E-state index in [4.69, 9.17) is 4.74 Å². The second kappa shape index (κ2) is 6.94. The van der Waals surface area contributed by atoms with Crippen molar-refractivity contribution in [3.8, 4) is 5.75 Å². The van der Waals surface area contributed by atoms with E-state index in [-0.39, 0.29) is 29.3 Å². The number of benzene rings is 3. The molecule has 1 unspecified atom stereocenters. The third-order valence-electron chi connectivity index (χ3n) is 6.23. The van der Waals surface area contributed by atoms with E-state index in [9.17, 15) is 9.59 Å². The molecule has 3 aromatic carbocycles. The average Bonchev–Trinajstić information content (AvgIpc) is 2.72. The molecular formula is C27H24O3. The average molecular weight is 396 g/mol. The van der Waals surface area contributed by atoms with Crippen LogP contribution in [0.25, 0.3) is 10.8 Å². The molecule has 0 spiro atoms. The molecule has 0 N–H and O–H groups in total. The molecule has 3 aromatic rings. The lowest BCUT2D eigenvalue weighted by Crippen LogP contribution is -2.33. The minimum Gasteiger partial charge on any atom is -0.461 e. The van der Waals surface area contributed by atoms with Gasteiger partial charge in [0.1, 0.15) is 11.5 Å². The minimum atomic E-state index is -0.286. The second-order valence-corrected chi connectivity index (χ2v) is 9.12. The molecular weight excluding hydrogens is 372 g/mol. The number of rotatable bonds is 3. The summed E-state index contributed by atoms with van der Waals surface area (Å²) in [5.74, 6) is 1.37. The maximum Gasteiger partial charge on any atom is 0.163 e. The highest BCUT2D eigenvalue weighted by molar-refractivity contribution is 6.04. The van der Waals surface area contributed by atoms with Crippen molar-refractivity contribution in [1.82, 2.24) is 0 Å². The first-order valence-corrected chi connectivity index (χ1v) is 10.5. The molecule has 0 saturated heterocycles. The SMILES string of the molecule is CC1(C)CC(=O)C2=C(C1)Oc1ccc3ccccc3c1C2CC(=O)c1ccccc1. The van der Waals surface area contributed by atoms with Crippen LogP contribution in [0.15, 0.2) is 78.1 Å². The standard InChI is InChI=1S/C27H24O3/c1-27(2)15-22(29)26-20(14-21(28)18-9-4-3-5-10-18)25-19-11-7-6-8-17(19)12-13-23(25)30-24(26)16-27/h3-13,20H,14-16H2,1-2H3. The second-order valence-electron chi connectivity index (χ2n) is 9.12. The number of hydrogen-bond donors (Lipinski definition) is 0. The third-order valence-corrected chi connectivity index (χ3v) is 6.23. The van der Waals surface area contributed by atoms with Crippen molar-refractivity contribution < 1.29 is 14.3 Å². The van der Waals surface area contributed by atoms with Gasteiger partial charge in [-0.1, -0.05) is 74.5 Å². The van der Waals surface area contributed by atoms with Gasteiger partial charge in [0.15, 0.2) is 11.6 Å². The van der Waals surface area contributed by atoms with E-state index in [1.807, 2.05) is 54.6 Å². The summed E-state index contributed by atoms with van der Waals surface area (Å²) < 4.78 is 6.32. The van der Waals surface area contributed by atoms with Crippen molar-refractivity contribution in [2.75, 3.05) is 0 Å². The quantitative estimate of drug-likeness (QED) is 0.493. The predicted octanol–water partition coefficient (Wildman–Crippen LogP) is 6.23. The number of carbonyl (C=O) groups is 2. The van der Waals surface area contributed by atoms with Crippen molar-refractivity contribution in [3.05, 3.63) is 89.2 Å². The number of carbonyl (C=O) groups excluding carboxylic acids is 2. The van der Waals surface area contributed by atoms with Gasteiger partial charge in [-0.15, -0.1) is 0 Å². The summed E-state index contributed by atoms with van der Waals surface area (Å²) in [5.41, 5.74) is 2.20. The molecule has 3 heteroatoms. The maximum atomic E-state index is 13.3. The molecule has 0 amide bonds. The number of Topliss-reactive ketones (excluding diaryl/α,β-unsaturated/α-hetero) is 2. The fourth-order valence-corrected chi connectivity index (χ4v) is 4.89. The summed E-state index contributed by atoms with van der Waals surface area (Å²) >= 11 is 0. The molecule has 1 aliphatic carbocycles. The lowest BCUT2D eigenvalue weighted by atomic mass is 9.70. The molecule has 1 atom stereocenters. The van der Waals surface area contributed by atoms with Crippen LogP contribution in [0.3, 0.4) is 0 Å². The van der Waals surface area contributed by atoms with E-state index in [0.29, 0.717) is 24.0 Å². The van der Waals surface area contributed by atoms with Gasteiger partial charge in [0.05, 0.1) is 0 Å². The van der Waals surface area contributed by atoms with Gasteiger partial charge in [-0.3, -0.25) is 9.59 Å². The molecule has 0 fully saturated rings. The summed E-state index contributed by atoms with van der Waals surface area (Å²) in [4.78, 5) is 26.5. The van der Waals surface area contributed by atoms with E-state index in [1.165, 1.54) is 0 Å². The lowest BCUT2D eigenvalue weighted by molar-refractivity contribution is -0.118. The predicted molar refractivity (Wildman–Crippen MR) is 118 cm³/mol. The van der Waals surface area contributed by atoms with E-state index in [0.717, 1.165) is 27.8 Å². The molecule has 1 aliphatic heterocycles. The highest BCUT2D eigenvalue weighted by Crippen LogP contribution is 2.51. The van der Waals surface area contributed by atoms with Crippen LogP contribution in [0, 0.1) is 5.41 Å². The van der Waals surface area contributed by atoms with Crippen molar-refractivity contribution >= 4 is 22.3 Å². The number of ketones is 2. The Kier molecular flexibility index (Phi) is 4.35. The Bertz CT molecular complexity index is 1200. The molecule has 150 valence electrons. The van der Waals surface area contributed by atoms with Gasteiger partial charge in [0.25, 0.3) is 0 Å². The van der Waals surface area contributed by atoms with Crippen molar-refractivity contribution in [2.24, 2.45) is 5.41 Å². The number of hydrogen-bond acceptors (Lipinski definition) is 3. The topological polar surface area (TPSA) is 43.4 Å². The monoisotopic (exact) mass is 396 g/mol. The van der Waals surface area contributed by atoms with Crippen LogP contribution in [0.2, 0.25) is 0 Å². The lowest BCUT2D eigenvalue weighted by Gasteiger charge is -2.38. The van der Waals surface area contributed by atoms with Gasteiger partial charge in [-0.05, 0) is 22.3 Å². The molecule has 5 rings (SSSR count). The zero-order valence-electron chi connectivity index (χ0n) is 17.3. The van der Waals surface area contributed by atoms with Crippen LogP contribution < -0.4 is 4.74 Å². The van der Waals surface area contributed by atoms with Crippen LogP contribution in [-0.2, 0) is 4.79 Å². The van der Waals surface area contributed by atoms with Crippen molar-refractivity contribution in [1.29, 1.82) is 0 Å². The van der Waals surface area contributed by atoms with E-state index >= 15 is 0 Å². The first-order chi connectivity index (χ1) is 14.4. The zero-order valence-corrected chi connectivity index (χ0v) is 17.3. The fraction of sp³-hybridized carbons (Fsp3) is 0.259. The Morgan fingerprint density at radius 1 is 0.967 bits per heavy atom. The Balaban J connectivity index is 1.68. The number of fused-ring (bicyclic) bond motifs is 3. The zero-order chi connectivity index (χ0) is 20.9. The van der Waals surface area contributed by atoms with Crippen LogP contribution in [0.5, 0.6) is 5.75 Å². The molecule has 1 heterocycles. The first-order valence-electron chi connectivity index (χ1n) is 10.5. The van der Waals surface area contributed by atoms with Gasteiger partial charge in [0, 0.05) is 41.9 Å². The molecule has 0 radical (unpaired) electrons. The number of allylic oxidation sites excluding steroid dienone is 2. The Hall–Kier alpha value is -3.20. The fourth-order valence-electron chi connectivity index (χ4n) is 4.89. The number of ether oxygens (including phenoxy) is 1. The summed E-state index contributed by atoms with van der Waals surface area (Å²) in [6.07, 6.45) is 1.45. The summed E-state index contributed by atoms with van der Waals surface area (Å²) in [6.45, 7) is 4.19. The third kappa shape index (κ3) is 3.15. The Labute approximate surface area is 176 Å². The molecule has 0 bridgehead atoms. The van der Waals surface area contributed by atoms with Gasteiger partial charge >= 0.3 is 0 Å². The summed E-state index contributed by atoms with van der Waals surface area (Å²) in [5, 5.41) is 2.13. The van der Waals surface area contributed by atoms with Crippen LogP contribution in [0.1, 0.15) is 54.9 Å². The smallest absolute Gasteiger partial charge is 0.163 e. The van der Waals surface area contributed by atoms with Crippen LogP contribution >= 0.6 is 0 Å². The maximum absolute atomic E-state index is 13.3. The van der Waals surface area contributed by atoms with Gasteiger partial charge in [0.2, 0.25) is 0 Å². The highest BCUT2D eigenvalue weighted by Gasteiger charge is 2.42. The van der Waals surface area contributed by atoms with E-state index in [2.05, 4.69) is 26.0 Å². The summed E-state index contributed by atoms with van der Waals surface area (Å²) in [6, 6.07) is 21.5. The molecule has 0 saturated carbocycles. The Morgan fingerprint density at radius 3 is 2.50 bits per heavy atom. The van der Waals surface area contributed by atoms with Crippen LogP contribution in [-0.4, -0.2) is 11.6 Å². The first kappa shape index (κ1) is 18.8. The van der Waals surface area contributed by atoms with Gasteiger partial charge < -0.3 is 4.74 Å². The van der Waals surface area contributed by atoms with Gasteiger partial charge in [-0.25, -0.2) is 0 Å².